The maximum Gasteiger partial charge on any atom is 0.227 e. The number of fused-ring (bicyclic) bond motifs is 1. The predicted molar refractivity (Wildman–Crippen MR) is 107 cm³/mol. The van der Waals surface area contributed by atoms with E-state index in [-0.39, 0.29) is 23.7 Å². The van der Waals surface area contributed by atoms with Crippen molar-refractivity contribution in [2.45, 2.75) is 52.1 Å². The lowest BCUT2D eigenvalue weighted by Crippen LogP contribution is -2.43. The van der Waals surface area contributed by atoms with Gasteiger partial charge in [-0.2, -0.15) is 5.10 Å². The topological polar surface area (TPSA) is 84.2 Å². The molecule has 154 valence electrons. The third-order valence-electron chi connectivity index (χ3n) is 5.94. The first-order valence-corrected chi connectivity index (χ1v) is 10.4. The maximum absolute atomic E-state index is 12.9. The van der Waals surface area contributed by atoms with Gasteiger partial charge in [0.15, 0.2) is 0 Å². The van der Waals surface area contributed by atoms with Crippen molar-refractivity contribution in [1.82, 2.24) is 29.5 Å². The second kappa shape index (κ2) is 8.31. The van der Waals surface area contributed by atoms with Gasteiger partial charge in [0.1, 0.15) is 5.82 Å². The normalized spacial score (nSPS) is 20.3. The molecule has 0 aliphatic carbocycles. The number of rotatable bonds is 4. The first-order valence-electron chi connectivity index (χ1n) is 10.4. The molecule has 0 N–H and O–H groups in total. The first kappa shape index (κ1) is 19.5. The molecule has 0 saturated carbocycles. The third kappa shape index (κ3) is 4.31. The minimum atomic E-state index is -0.115. The van der Waals surface area contributed by atoms with E-state index in [4.69, 9.17) is 4.98 Å². The van der Waals surface area contributed by atoms with Crippen LogP contribution in [0.5, 0.6) is 0 Å². The van der Waals surface area contributed by atoms with Gasteiger partial charge in [-0.15, -0.1) is 0 Å². The standard InChI is InChI=1S/C21H28N6O2/c1-15(12-27-9-4-7-23-27)21(29)26-8-3-5-17(13-26)20-22-11-18-14-25(16(2)28)10-6-19(18)24-20/h4,7,9,11,15,17H,3,5-6,8,10,12-14H2,1-2H3/t15-,17-/m1/s1. The molecule has 2 aliphatic rings. The Morgan fingerprint density at radius 1 is 1.28 bits per heavy atom. The Hall–Kier alpha value is -2.77. The van der Waals surface area contributed by atoms with Gasteiger partial charge in [0.2, 0.25) is 11.8 Å². The number of hydrogen-bond acceptors (Lipinski definition) is 5. The lowest BCUT2D eigenvalue weighted by Gasteiger charge is -2.34. The van der Waals surface area contributed by atoms with Crippen molar-refractivity contribution in [3.8, 4) is 0 Å². The molecule has 0 bridgehead atoms. The Labute approximate surface area is 170 Å². The van der Waals surface area contributed by atoms with Gasteiger partial charge in [0.25, 0.3) is 0 Å². The van der Waals surface area contributed by atoms with E-state index < -0.39 is 0 Å². The van der Waals surface area contributed by atoms with Crippen LogP contribution in [-0.2, 0) is 29.1 Å². The second-order valence-corrected chi connectivity index (χ2v) is 8.14. The Morgan fingerprint density at radius 2 is 2.14 bits per heavy atom. The zero-order chi connectivity index (χ0) is 20.4. The molecule has 2 aliphatic heterocycles. The second-order valence-electron chi connectivity index (χ2n) is 8.14. The Kier molecular flexibility index (Phi) is 5.60. The van der Waals surface area contributed by atoms with Crippen LogP contribution in [-0.4, -0.2) is 61.0 Å². The molecular formula is C21H28N6O2. The molecule has 2 aromatic rings. The van der Waals surface area contributed by atoms with E-state index in [0.717, 1.165) is 42.9 Å². The molecule has 8 heteroatoms. The molecule has 2 atom stereocenters. The summed E-state index contributed by atoms with van der Waals surface area (Å²) in [5.74, 6) is 1.14. The van der Waals surface area contributed by atoms with Gasteiger partial charge in [-0.05, 0) is 18.9 Å². The van der Waals surface area contributed by atoms with Crippen molar-refractivity contribution >= 4 is 11.8 Å². The highest BCUT2D eigenvalue weighted by Crippen LogP contribution is 2.27. The molecule has 4 rings (SSSR count). The lowest BCUT2D eigenvalue weighted by atomic mass is 9.95. The van der Waals surface area contributed by atoms with Crippen molar-refractivity contribution in [3.63, 3.8) is 0 Å². The molecule has 2 aromatic heterocycles. The number of carbonyl (C=O) groups is 2. The molecule has 1 fully saturated rings. The van der Waals surface area contributed by atoms with Gasteiger partial charge in [-0.25, -0.2) is 9.97 Å². The van der Waals surface area contributed by atoms with Gasteiger partial charge >= 0.3 is 0 Å². The highest BCUT2D eigenvalue weighted by Gasteiger charge is 2.30. The minimum Gasteiger partial charge on any atom is -0.342 e. The van der Waals surface area contributed by atoms with E-state index in [2.05, 4.69) is 10.1 Å². The minimum absolute atomic E-state index is 0.0883. The van der Waals surface area contributed by atoms with E-state index in [0.29, 0.717) is 26.2 Å². The van der Waals surface area contributed by atoms with E-state index in [9.17, 15) is 9.59 Å². The molecule has 29 heavy (non-hydrogen) atoms. The summed E-state index contributed by atoms with van der Waals surface area (Å²) in [6, 6.07) is 1.87. The number of carbonyl (C=O) groups excluding carboxylic acids is 2. The summed E-state index contributed by atoms with van der Waals surface area (Å²) >= 11 is 0. The highest BCUT2D eigenvalue weighted by atomic mass is 16.2. The van der Waals surface area contributed by atoms with Gasteiger partial charge < -0.3 is 9.80 Å². The van der Waals surface area contributed by atoms with E-state index >= 15 is 0 Å². The fraction of sp³-hybridized carbons (Fsp3) is 0.571. The quantitative estimate of drug-likeness (QED) is 0.784. The molecule has 1 saturated heterocycles. The summed E-state index contributed by atoms with van der Waals surface area (Å²) in [5.41, 5.74) is 2.08. The summed E-state index contributed by atoms with van der Waals surface area (Å²) in [6.07, 6.45) is 8.21. The largest absolute Gasteiger partial charge is 0.342 e. The van der Waals surface area contributed by atoms with E-state index in [1.54, 1.807) is 17.8 Å². The summed E-state index contributed by atoms with van der Waals surface area (Å²) in [7, 11) is 0. The number of nitrogens with zero attached hydrogens (tertiary/aromatic N) is 6. The van der Waals surface area contributed by atoms with Crippen molar-refractivity contribution < 1.29 is 9.59 Å². The monoisotopic (exact) mass is 396 g/mol. The van der Waals surface area contributed by atoms with E-state index in [1.807, 2.05) is 35.2 Å². The molecule has 0 spiro atoms. The van der Waals surface area contributed by atoms with Crippen LogP contribution in [0.1, 0.15) is 49.7 Å². The van der Waals surface area contributed by atoms with Crippen molar-refractivity contribution in [2.75, 3.05) is 19.6 Å². The molecule has 0 unspecified atom stereocenters. The maximum atomic E-state index is 12.9. The van der Waals surface area contributed by atoms with Gasteiger partial charge in [-0.1, -0.05) is 6.92 Å². The molecule has 8 nitrogen and oxygen atoms in total. The zero-order valence-corrected chi connectivity index (χ0v) is 17.1. The molecule has 2 amide bonds. The molecule has 0 radical (unpaired) electrons. The molecule has 0 aromatic carbocycles. The molecular weight excluding hydrogens is 368 g/mol. The summed E-state index contributed by atoms with van der Waals surface area (Å²) in [6.45, 7) is 6.90. The lowest BCUT2D eigenvalue weighted by molar-refractivity contribution is -0.136. The van der Waals surface area contributed by atoms with Crippen LogP contribution in [0, 0.1) is 5.92 Å². The smallest absolute Gasteiger partial charge is 0.227 e. The Balaban J connectivity index is 1.42. The number of hydrogen-bond donors (Lipinski definition) is 0. The predicted octanol–water partition coefficient (Wildman–Crippen LogP) is 1.62. The van der Waals surface area contributed by atoms with Crippen molar-refractivity contribution in [2.24, 2.45) is 5.92 Å². The number of piperidine rings is 1. The van der Waals surface area contributed by atoms with Crippen molar-refractivity contribution in [3.05, 3.63) is 41.7 Å². The summed E-state index contributed by atoms with van der Waals surface area (Å²) in [5, 5.41) is 4.20. The first-order chi connectivity index (χ1) is 14.0. The van der Waals surface area contributed by atoms with Crippen molar-refractivity contribution in [1.29, 1.82) is 0 Å². The average Bonchev–Trinajstić information content (AvgIpc) is 3.25. The number of amides is 2. The summed E-state index contributed by atoms with van der Waals surface area (Å²) in [4.78, 5) is 37.8. The van der Waals surface area contributed by atoms with Crippen LogP contribution in [0.15, 0.2) is 24.7 Å². The van der Waals surface area contributed by atoms with Crippen LogP contribution in [0.2, 0.25) is 0 Å². The average molecular weight is 396 g/mol. The van der Waals surface area contributed by atoms with Gasteiger partial charge in [-0.3, -0.25) is 14.3 Å². The zero-order valence-electron chi connectivity index (χ0n) is 17.1. The SMILES string of the molecule is CC(=O)N1CCc2nc([C@@H]3CCCN(C(=O)[C@H](C)Cn4cccn4)C3)ncc2C1. The third-order valence-corrected chi connectivity index (χ3v) is 5.94. The van der Waals surface area contributed by atoms with Gasteiger partial charge in [0.05, 0.1) is 18.2 Å². The van der Waals surface area contributed by atoms with Crippen LogP contribution in [0.25, 0.3) is 0 Å². The number of aromatic nitrogens is 4. The van der Waals surface area contributed by atoms with Crippen LogP contribution >= 0.6 is 0 Å². The Morgan fingerprint density at radius 3 is 2.90 bits per heavy atom. The van der Waals surface area contributed by atoms with Crippen LogP contribution in [0.4, 0.5) is 0 Å². The fourth-order valence-electron chi connectivity index (χ4n) is 4.26. The van der Waals surface area contributed by atoms with Crippen LogP contribution in [0.3, 0.4) is 0 Å². The highest BCUT2D eigenvalue weighted by molar-refractivity contribution is 5.78. The number of likely N-dealkylation sites (tertiary alicyclic amines) is 1. The van der Waals surface area contributed by atoms with Crippen LogP contribution < -0.4 is 0 Å². The van der Waals surface area contributed by atoms with E-state index in [1.165, 1.54) is 0 Å². The summed E-state index contributed by atoms with van der Waals surface area (Å²) < 4.78 is 1.81. The molecule has 4 heterocycles. The van der Waals surface area contributed by atoms with Gasteiger partial charge in [0, 0.05) is 69.6 Å². The Bertz CT molecular complexity index is 881. The fourth-order valence-corrected chi connectivity index (χ4v) is 4.26.